The monoisotopic (exact) mass is 786 g/mol. The van der Waals surface area contributed by atoms with Crippen molar-refractivity contribution in [1.82, 2.24) is 34.6 Å². The molecule has 3 N–H and O–H groups in total. The molecule has 2 aromatic heterocycles. The van der Waals surface area contributed by atoms with E-state index in [0.29, 0.717) is 48.7 Å². The fourth-order valence-electron chi connectivity index (χ4n) is 7.77. The van der Waals surface area contributed by atoms with Gasteiger partial charge in [-0.2, -0.15) is 0 Å². The number of carbonyl (C=O) groups is 2. The standard InChI is InChI=1S/C24H31ClN6O2.C13H18B2N4O4/c1-33-29-22(18-2-4-21(25)5-3-18)19-8-12-31(13-9-19)23(32)20-6-10-30(11-7-20)16-17-14-27-24(26)28-15-17;20-12(21)11-1-3-18(4-2-11)7-10-5-16-13(17-6-10)19(14-8-22-14)15-9-23-15/h2-5,14-15,19-20H,6-13,16H2,1H3,(H2,26,27,28);5-6,11H,1-4,7-9H2,(H,20,21). The van der Waals surface area contributed by atoms with Crippen LogP contribution in [0.2, 0.25) is 5.02 Å². The first-order valence-electron chi connectivity index (χ1n) is 19.5. The van der Waals surface area contributed by atoms with E-state index in [-0.39, 0.29) is 31.9 Å². The number of piperidine rings is 3. The van der Waals surface area contributed by atoms with Crippen LogP contribution in [-0.2, 0) is 36.8 Å². The summed E-state index contributed by atoms with van der Waals surface area (Å²) < 4.78 is 12.6. The predicted molar refractivity (Wildman–Crippen MR) is 212 cm³/mol. The molecule has 8 rings (SSSR count). The van der Waals surface area contributed by atoms with E-state index in [9.17, 15) is 9.59 Å². The van der Waals surface area contributed by atoms with Crippen LogP contribution < -0.4 is 10.5 Å². The second-order valence-corrected chi connectivity index (χ2v) is 15.5. The van der Waals surface area contributed by atoms with Gasteiger partial charge in [-0.1, -0.05) is 28.9 Å². The molecule has 0 bridgehead atoms. The average Bonchev–Trinajstić information content (AvgIpc) is 4.17. The largest absolute Gasteiger partial charge is 0.481 e. The van der Waals surface area contributed by atoms with Crippen molar-refractivity contribution in [2.75, 3.05) is 69.8 Å². The maximum absolute atomic E-state index is 13.2. The molecule has 5 saturated heterocycles. The first-order valence-corrected chi connectivity index (χ1v) is 19.8. The molecule has 296 valence electrons. The van der Waals surface area contributed by atoms with Gasteiger partial charge in [-0.05, 0) is 82.4 Å². The van der Waals surface area contributed by atoms with Gasteiger partial charge in [-0.3, -0.25) is 19.4 Å². The highest BCUT2D eigenvalue weighted by molar-refractivity contribution is 6.84. The highest BCUT2D eigenvalue weighted by Crippen LogP contribution is 2.28. The van der Waals surface area contributed by atoms with Crippen LogP contribution >= 0.6 is 11.6 Å². The third kappa shape index (κ3) is 10.7. The third-order valence-corrected chi connectivity index (χ3v) is 11.4. The number of oxime groups is 1. The number of benzene rings is 1. The van der Waals surface area contributed by atoms with E-state index in [4.69, 9.17) is 36.6 Å². The lowest BCUT2D eigenvalue weighted by atomic mass is 9.77. The zero-order valence-corrected chi connectivity index (χ0v) is 32.5. The van der Waals surface area contributed by atoms with Crippen LogP contribution in [0.3, 0.4) is 0 Å². The molecule has 0 atom stereocenters. The van der Waals surface area contributed by atoms with Crippen molar-refractivity contribution < 1.29 is 28.8 Å². The number of nitrogen functional groups attached to an aromatic ring is 1. The number of nitrogens with zero attached hydrogens (tertiary/aromatic N) is 9. The molecular weight excluding hydrogens is 738 g/mol. The summed E-state index contributed by atoms with van der Waals surface area (Å²) >= 11 is 6.03. The number of hydrogen-bond donors (Lipinski definition) is 2. The number of hydrogen-bond acceptors (Lipinski definition) is 14. The Morgan fingerprint density at radius 3 is 1.79 bits per heavy atom. The van der Waals surface area contributed by atoms with E-state index in [1.807, 2.05) is 46.3 Å². The summed E-state index contributed by atoms with van der Waals surface area (Å²) in [4.78, 5) is 52.9. The Morgan fingerprint density at radius 1 is 0.821 bits per heavy atom. The minimum atomic E-state index is -0.679. The van der Waals surface area contributed by atoms with Crippen LogP contribution in [-0.4, -0.2) is 131 Å². The Morgan fingerprint density at radius 2 is 1.30 bits per heavy atom. The molecule has 5 aliphatic heterocycles. The van der Waals surface area contributed by atoms with Crippen molar-refractivity contribution in [1.29, 1.82) is 0 Å². The molecule has 1 amide bonds. The van der Waals surface area contributed by atoms with Gasteiger partial charge in [-0.25, -0.2) is 19.9 Å². The maximum atomic E-state index is 13.2. The van der Waals surface area contributed by atoms with Gasteiger partial charge in [0.05, 0.1) is 24.6 Å². The number of likely N-dealkylation sites (tertiary alicyclic amines) is 3. The van der Waals surface area contributed by atoms with E-state index in [1.165, 1.54) is 0 Å². The Bertz CT molecular complexity index is 1770. The second kappa shape index (κ2) is 18.7. The van der Waals surface area contributed by atoms with Crippen molar-refractivity contribution in [2.45, 2.75) is 51.6 Å². The van der Waals surface area contributed by atoms with Crippen LogP contribution in [0.1, 0.15) is 55.2 Å². The lowest BCUT2D eigenvalue weighted by Gasteiger charge is -2.37. The molecule has 1 aromatic carbocycles. The molecule has 5 fully saturated rings. The van der Waals surface area contributed by atoms with Crippen molar-refractivity contribution >= 4 is 55.2 Å². The van der Waals surface area contributed by atoms with Gasteiger partial charge >= 0.3 is 20.1 Å². The van der Waals surface area contributed by atoms with Crippen LogP contribution in [0.25, 0.3) is 0 Å². The quantitative estimate of drug-likeness (QED) is 0.118. The molecule has 0 saturated carbocycles. The van der Waals surface area contributed by atoms with Crippen molar-refractivity contribution in [2.24, 2.45) is 22.9 Å². The first-order chi connectivity index (χ1) is 27.2. The predicted octanol–water partition coefficient (Wildman–Crippen LogP) is 2.91. The number of carboxylic acid groups (broad SMARTS) is 1. The molecule has 0 radical (unpaired) electrons. The zero-order valence-electron chi connectivity index (χ0n) is 31.8. The SMILES string of the molecule is CON=C(c1ccc(Cl)cc1)C1CCN(C(=O)C2CCN(Cc3cnc(N)nc3)CC2)CC1.O=C(O)C1CCN(Cc2cnc(N(B3CO3)B3CO3)nc2)CC1. The fourth-order valence-corrected chi connectivity index (χ4v) is 7.89. The van der Waals surface area contributed by atoms with Gasteiger partial charge in [-0.15, -0.1) is 0 Å². The number of rotatable bonds is 12. The Balaban J connectivity index is 0.000000182. The maximum Gasteiger partial charge on any atom is 0.432 e. The summed E-state index contributed by atoms with van der Waals surface area (Å²) in [5.74, 6) is 0.713. The molecule has 0 spiro atoms. The third-order valence-electron chi connectivity index (χ3n) is 11.1. The molecule has 0 unspecified atom stereocenters. The number of aliphatic carboxylic acids is 1. The summed E-state index contributed by atoms with van der Waals surface area (Å²) in [5, 5.41) is 14.0. The van der Waals surface area contributed by atoms with Gasteiger partial charge in [0.1, 0.15) is 7.11 Å². The number of halogens is 1. The molecule has 19 heteroatoms. The molecule has 16 nitrogen and oxygen atoms in total. The summed E-state index contributed by atoms with van der Waals surface area (Å²) in [7, 11) is 1.66. The van der Waals surface area contributed by atoms with Gasteiger partial charge in [0, 0.05) is 79.0 Å². The Hall–Kier alpha value is -4.35. The van der Waals surface area contributed by atoms with Crippen molar-refractivity contribution in [3.05, 3.63) is 70.8 Å². The molecule has 0 aliphatic carbocycles. The van der Waals surface area contributed by atoms with Crippen LogP contribution in [0, 0.1) is 17.8 Å². The molecule has 5 aliphatic rings. The van der Waals surface area contributed by atoms with Gasteiger partial charge in [0.2, 0.25) is 17.8 Å². The number of carboxylic acids is 1. The topological polar surface area (TPSA) is 192 Å². The minimum Gasteiger partial charge on any atom is -0.481 e. The van der Waals surface area contributed by atoms with Crippen molar-refractivity contribution in [3.63, 3.8) is 0 Å². The van der Waals surface area contributed by atoms with Crippen LogP contribution in [0.15, 0.2) is 54.2 Å². The molecule has 56 heavy (non-hydrogen) atoms. The molecular formula is C37H49B2ClN10O6. The summed E-state index contributed by atoms with van der Waals surface area (Å²) in [6, 6.07) is 7.69. The van der Waals surface area contributed by atoms with E-state index in [0.717, 1.165) is 100 Å². The Labute approximate surface area is 333 Å². The molecule has 7 heterocycles. The number of anilines is 2. The number of aromatic nitrogens is 4. The highest BCUT2D eigenvalue weighted by atomic mass is 35.5. The summed E-state index contributed by atoms with van der Waals surface area (Å²) in [5.41, 5.74) is 9.60. The summed E-state index contributed by atoms with van der Waals surface area (Å²) in [6.45, 7) is 7.86. The van der Waals surface area contributed by atoms with E-state index in [1.54, 1.807) is 19.5 Å². The molecule has 3 aromatic rings. The highest BCUT2D eigenvalue weighted by Gasteiger charge is 2.51. The van der Waals surface area contributed by atoms with Gasteiger partial charge in [0.15, 0.2) is 0 Å². The van der Waals surface area contributed by atoms with Crippen LogP contribution in [0.4, 0.5) is 11.9 Å². The fraction of sp³-hybridized carbons (Fsp3) is 0.541. The van der Waals surface area contributed by atoms with Crippen molar-refractivity contribution in [3.8, 4) is 0 Å². The average molecular weight is 787 g/mol. The number of carbonyl (C=O) groups excluding carboxylic acids is 1. The second-order valence-electron chi connectivity index (χ2n) is 15.0. The lowest BCUT2D eigenvalue weighted by molar-refractivity contribution is -0.143. The summed E-state index contributed by atoms with van der Waals surface area (Å²) in [6.07, 6.45) is 12.2. The number of nitrogens with two attached hydrogens (primary N) is 1. The Kier molecular flexibility index (Phi) is 13.3. The normalized spacial score (nSPS) is 20.0. The first kappa shape index (κ1) is 39.9. The van der Waals surface area contributed by atoms with Crippen LogP contribution in [0.5, 0.6) is 0 Å². The van der Waals surface area contributed by atoms with E-state index in [2.05, 4.69) is 34.9 Å². The zero-order chi connectivity index (χ0) is 39.0. The van der Waals surface area contributed by atoms with E-state index >= 15 is 0 Å². The smallest absolute Gasteiger partial charge is 0.432 e. The minimum absolute atomic E-state index is 0.0448. The van der Waals surface area contributed by atoms with E-state index < -0.39 is 5.97 Å². The number of amides is 1. The van der Waals surface area contributed by atoms with Gasteiger partial charge in [0.25, 0.3) is 0 Å². The van der Waals surface area contributed by atoms with Gasteiger partial charge < -0.3 is 34.6 Å². The lowest BCUT2D eigenvalue weighted by Crippen LogP contribution is -2.46.